The van der Waals surface area contributed by atoms with Gasteiger partial charge in [-0.1, -0.05) is 54.6 Å². The van der Waals surface area contributed by atoms with Crippen LogP contribution < -0.4 is 5.32 Å². The first-order valence-electron chi connectivity index (χ1n) is 6.40. The van der Waals surface area contributed by atoms with Crippen molar-refractivity contribution in [1.82, 2.24) is 5.32 Å². The minimum Gasteiger partial charge on any atom is -0.378 e. The molecule has 0 radical (unpaired) electrons. The van der Waals surface area contributed by atoms with Gasteiger partial charge in [-0.3, -0.25) is 0 Å². The highest BCUT2D eigenvalue weighted by molar-refractivity contribution is 5.85. The van der Waals surface area contributed by atoms with Gasteiger partial charge in [0.25, 0.3) is 0 Å². The summed E-state index contributed by atoms with van der Waals surface area (Å²) in [6.07, 6.45) is 0. The number of nitrogens with one attached hydrogen (secondary N) is 1. The van der Waals surface area contributed by atoms with Gasteiger partial charge in [0.2, 0.25) is 0 Å². The number of morpholine rings is 1. The number of hydrogen-bond donors (Lipinski definition) is 1. The molecule has 1 atom stereocenters. The quantitative estimate of drug-likeness (QED) is 0.907. The Morgan fingerprint density at radius 2 is 1.58 bits per heavy atom. The molecule has 0 saturated carbocycles. The van der Waals surface area contributed by atoms with Gasteiger partial charge in [-0.05, 0) is 16.7 Å². The Morgan fingerprint density at radius 3 is 2.21 bits per heavy atom. The molecule has 100 valence electrons. The van der Waals surface area contributed by atoms with E-state index in [4.69, 9.17) is 4.74 Å². The lowest BCUT2D eigenvalue weighted by Gasteiger charge is -2.24. The fourth-order valence-corrected chi connectivity index (χ4v) is 2.32. The van der Waals surface area contributed by atoms with Crippen LogP contribution in [0.2, 0.25) is 0 Å². The molecule has 1 N–H and O–H groups in total. The third-order valence-electron chi connectivity index (χ3n) is 3.34. The first-order valence-corrected chi connectivity index (χ1v) is 6.40. The van der Waals surface area contributed by atoms with Crippen LogP contribution in [0.15, 0.2) is 54.6 Å². The Hall–Kier alpha value is -1.35. The lowest BCUT2D eigenvalue weighted by molar-refractivity contribution is 0.0769. The van der Waals surface area contributed by atoms with Crippen LogP contribution in [-0.4, -0.2) is 19.8 Å². The lowest BCUT2D eigenvalue weighted by atomic mass is 10.0. The third kappa shape index (κ3) is 3.35. The van der Waals surface area contributed by atoms with Gasteiger partial charge in [-0.15, -0.1) is 12.4 Å². The van der Waals surface area contributed by atoms with Crippen molar-refractivity contribution in [2.45, 2.75) is 6.04 Å². The number of halogens is 1. The maximum absolute atomic E-state index is 5.49. The summed E-state index contributed by atoms with van der Waals surface area (Å²) in [5.41, 5.74) is 3.82. The molecule has 1 fully saturated rings. The van der Waals surface area contributed by atoms with Gasteiger partial charge in [0.15, 0.2) is 0 Å². The Bertz CT molecular complexity index is 492. The van der Waals surface area contributed by atoms with E-state index >= 15 is 0 Å². The maximum Gasteiger partial charge on any atom is 0.0662 e. The van der Waals surface area contributed by atoms with Gasteiger partial charge in [0, 0.05) is 6.54 Å². The number of hydrogen-bond acceptors (Lipinski definition) is 2. The smallest absolute Gasteiger partial charge is 0.0662 e. The SMILES string of the molecule is Cl.c1ccc(-c2ccc([C@H]3COCCN3)cc2)cc1. The van der Waals surface area contributed by atoms with Gasteiger partial charge in [0.05, 0.1) is 19.3 Å². The summed E-state index contributed by atoms with van der Waals surface area (Å²) in [5, 5.41) is 3.47. The zero-order valence-electron chi connectivity index (χ0n) is 10.7. The van der Waals surface area contributed by atoms with E-state index in [9.17, 15) is 0 Å². The molecule has 1 aliphatic rings. The molecule has 3 heteroatoms. The second-order valence-corrected chi connectivity index (χ2v) is 4.57. The molecular weight excluding hydrogens is 258 g/mol. The highest BCUT2D eigenvalue weighted by Crippen LogP contribution is 2.22. The fraction of sp³-hybridized carbons (Fsp3) is 0.250. The molecule has 1 aliphatic heterocycles. The van der Waals surface area contributed by atoms with E-state index in [1.54, 1.807) is 0 Å². The van der Waals surface area contributed by atoms with E-state index < -0.39 is 0 Å². The maximum atomic E-state index is 5.49. The van der Waals surface area contributed by atoms with Gasteiger partial charge in [-0.2, -0.15) is 0 Å². The Labute approximate surface area is 120 Å². The summed E-state index contributed by atoms with van der Waals surface area (Å²) in [6.45, 7) is 2.52. The largest absolute Gasteiger partial charge is 0.378 e. The number of benzene rings is 2. The summed E-state index contributed by atoms with van der Waals surface area (Å²) in [6, 6.07) is 19.5. The summed E-state index contributed by atoms with van der Waals surface area (Å²) < 4.78 is 5.49. The van der Waals surface area contributed by atoms with Crippen molar-refractivity contribution in [3.05, 3.63) is 60.2 Å². The van der Waals surface area contributed by atoms with Crippen molar-refractivity contribution < 1.29 is 4.74 Å². The van der Waals surface area contributed by atoms with E-state index in [1.807, 2.05) is 6.07 Å². The first-order chi connectivity index (χ1) is 8.93. The molecule has 1 saturated heterocycles. The normalized spacial score (nSPS) is 18.6. The van der Waals surface area contributed by atoms with Crippen LogP contribution in [-0.2, 0) is 4.74 Å². The van der Waals surface area contributed by atoms with Gasteiger partial charge >= 0.3 is 0 Å². The zero-order chi connectivity index (χ0) is 12.2. The molecule has 19 heavy (non-hydrogen) atoms. The van der Waals surface area contributed by atoms with Crippen molar-refractivity contribution in [3.63, 3.8) is 0 Å². The molecule has 0 aliphatic carbocycles. The molecule has 0 spiro atoms. The molecule has 2 aromatic carbocycles. The lowest BCUT2D eigenvalue weighted by Crippen LogP contribution is -2.34. The standard InChI is InChI=1S/C16H17NO.ClH/c1-2-4-13(5-3-1)14-6-8-15(9-7-14)16-12-18-11-10-17-16;/h1-9,16-17H,10-12H2;1H/t16-;/m1./s1. The van der Waals surface area contributed by atoms with E-state index in [0.717, 1.165) is 19.8 Å². The molecule has 2 nitrogen and oxygen atoms in total. The van der Waals surface area contributed by atoms with Crippen LogP contribution in [0.1, 0.15) is 11.6 Å². The summed E-state index contributed by atoms with van der Waals surface area (Å²) in [7, 11) is 0. The monoisotopic (exact) mass is 275 g/mol. The van der Waals surface area contributed by atoms with Gasteiger partial charge in [-0.25, -0.2) is 0 Å². The average molecular weight is 276 g/mol. The Kier molecular flexibility index (Phi) is 4.97. The molecule has 0 unspecified atom stereocenters. The topological polar surface area (TPSA) is 21.3 Å². The highest BCUT2D eigenvalue weighted by atomic mass is 35.5. The predicted molar refractivity (Wildman–Crippen MR) is 80.7 cm³/mol. The molecule has 2 aromatic rings. The second kappa shape index (κ2) is 6.71. The molecule has 1 heterocycles. The van der Waals surface area contributed by atoms with Crippen molar-refractivity contribution in [2.24, 2.45) is 0 Å². The van der Waals surface area contributed by atoms with Crippen LogP contribution >= 0.6 is 12.4 Å². The molecule has 0 bridgehead atoms. The van der Waals surface area contributed by atoms with E-state index in [0.29, 0.717) is 6.04 Å². The van der Waals surface area contributed by atoms with Crippen LogP contribution in [0.25, 0.3) is 11.1 Å². The molecule has 0 amide bonds. The summed E-state index contributed by atoms with van der Waals surface area (Å²) >= 11 is 0. The van der Waals surface area contributed by atoms with E-state index in [2.05, 4.69) is 53.8 Å². The van der Waals surface area contributed by atoms with E-state index in [-0.39, 0.29) is 12.4 Å². The molecule has 0 aromatic heterocycles. The van der Waals surface area contributed by atoms with Crippen LogP contribution in [0.5, 0.6) is 0 Å². The highest BCUT2D eigenvalue weighted by Gasteiger charge is 2.14. The first kappa shape index (κ1) is 14.1. The van der Waals surface area contributed by atoms with Crippen LogP contribution in [0.3, 0.4) is 0 Å². The Balaban J connectivity index is 0.00000133. The second-order valence-electron chi connectivity index (χ2n) is 4.57. The fourth-order valence-electron chi connectivity index (χ4n) is 2.32. The predicted octanol–water partition coefficient (Wildman–Crippen LogP) is 3.44. The van der Waals surface area contributed by atoms with Crippen molar-refractivity contribution in [3.8, 4) is 11.1 Å². The number of rotatable bonds is 2. The number of ether oxygens (including phenoxy) is 1. The summed E-state index contributed by atoms with van der Waals surface area (Å²) in [5.74, 6) is 0. The zero-order valence-corrected chi connectivity index (χ0v) is 11.5. The third-order valence-corrected chi connectivity index (χ3v) is 3.34. The average Bonchev–Trinajstić information content (AvgIpc) is 2.49. The van der Waals surface area contributed by atoms with E-state index in [1.165, 1.54) is 16.7 Å². The molecule has 3 rings (SSSR count). The van der Waals surface area contributed by atoms with Crippen molar-refractivity contribution >= 4 is 12.4 Å². The van der Waals surface area contributed by atoms with Crippen LogP contribution in [0, 0.1) is 0 Å². The van der Waals surface area contributed by atoms with Crippen molar-refractivity contribution in [2.75, 3.05) is 19.8 Å². The van der Waals surface area contributed by atoms with Crippen LogP contribution in [0.4, 0.5) is 0 Å². The van der Waals surface area contributed by atoms with Gasteiger partial charge < -0.3 is 10.1 Å². The minimum atomic E-state index is 0. The Morgan fingerprint density at radius 1 is 0.895 bits per heavy atom. The molecular formula is C16H18ClNO. The summed E-state index contributed by atoms with van der Waals surface area (Å²) in [4.78, 5) is 0. The van der Waals surface area contributed by atoms with Gasteiger partial charge in [0.1, 0.15) is 0 Å². The minimum absolute atomic E-state index is 0. The van der Waals surface area contributed by atoms with Crippen molar-refractivity contribution in [1.29, 1.82) is 0 Å².